The van der Waals surface area contributed by atoms with Gasteiger partial charge in [-0.05, 0) is 25.1 Å². The molecule has 0 aliphatic rings. The fraction of sp³-hybridized carbons (Fsp3) is 0.364. The van der Waals surface area contributed by atoms with Crippen molar-refractivity contribution < 1.29 is 17.6 Å². The molecule has 0 bridgehead atoms. The van der Waals surface area contributed by atoms with Gasteiger partial charge < -0.3 is 11.1 Å². The second-order valence-corrected chi connectivity index (χ2v) is 5.77. The number of carbonyl (C=O) groups excluding carboxylic acids is 1. The van der Waals surface area contributed by atoms with Crippen molar-refractivity contribution in [2.75, 3.05) is 11.9 Å². The summed E-state index contributed by atoms with van der Waals surface area (Å²) >= 11 is 0. The van der Waals surface area contributed by atoms with Crippen molar-refractivity contribution in [3.63, 3.8) is 0 Å². The van der Waals surface area contributed by atoms with Crippen LogP contribution in [0.2, 0.25) is 0 Å². The summed E-state index contributed by atoms with van der Waals surface area (Å²) in [4.78, 5) is 10.3. The van der Waals surface area contributed by atoms with E-state index in [0.717, 1.165) is 12.1 Å². The van der Waals surface area contributed by atoms with Crippen LogP contribution in [-0.4, -0.2) is 26.9 Å². The number of halogens is 1. The molecule has 0 heterocycles. The van der Waals surface area contributed by atoms with Crippen LogP contribution < -0.4 is 15.8 Å². The molecule has 0 saturated carbocycles. The fourth-order valence-corrected chi connectivity index (χ4v) is 2.69. The predicted octanol–water partition coefficient (Wildman–Crippen LogP) is 0.410. The van der Waals surface area contributed by atoms with Gasteiger partial charge in [0.05, 0.1) is 0 Å². The molecule has 106 valence electrons. The molecule has 0 spiro atoms. The summed E-state index contributed by atoms with van der Waals surface area (Å²) in [6, 6.07) is 2.85. The van der Waals surface area contributed by atoms with E-state index in [-0.39, 0.29) is 18.1 Å². The van der Waals surface area contributed by atoms with Gasteiger partial charge in [-0.2, -0.15) is 0 Å². The van der Waals surface area contributed by atoms with E-state index in [2.05, 4.69) is 10.0 Å². The highest BCUT2D eigenvalue weighted by Crippen LogP contribution is 2.19. The minimum absolute atomic E-state index is 0.102. The van der Waals surface area contributed by atoms with Crippen LogP contribution in [0.15, 0.2) is 23.1 Å². The van der Waals surface area contributed by atoms with E-state index in [1.165, 1.54) is 13.0 Å². The SMILES string of the molecule is CC(=O)Nc1ccc(S(=O)(=O)NC(C)CN)c(F)c1. The molecule has 0 saturated heterocycles. The summed E-state index contributed by atoms with van der Waals surface area (Å²) in [6.07, 6.45) is 0. The van der Waals surface area contributed by atoms with E-state index in [1.807, 2.05) is 0 Å². The van der Waals surface area contributed by atoms with Gasteiger partial charge in [0.1, 0.15) is 10.7 Å². The second-order valence-electron chi connectivity index (χ2n) is 4.08. The second kappa shape index (κ2) is 6.09. The Morgan fingerprint density at radius 2 is 2.11 bits per heavy atom. The van der Waals surface area contributed by atoms with Crippen LogP contribution in [0, 0.1) is 5.82 Å². The van der Waals surface area contributed by atoms with Crippen LogP contribution in [0.25, 0.3) is 0 Å². The van der Waals surface area contributed by atoms with Gasteiger partial charge in [0, 0.05) is 25.2 Å². The highest BCUT2D eigenvalue weighted by Gasteiger charge is 2.21. The third-order valence-electron chi connectivity index (χ3n) is 2.25. The van der Waals surface area contributed by atoms with Gasteiger partial charge >= 0.3 is 0 Å². The number of nitrogens with one attached hydrogen (secondary N) is 2. The molecule has 8 heteroatoms. The average molecular weight is 289 g/mol. The monoisotopic (exact) mass is 289 g/mol. The van der Waals surface area contributed by atoms with Gasteiger partial charge in [0.2, 0.25) is 15.9 Å². The van der Waals surface area contributed by atoms with Crippen LogP contribution >= 0.6 is 0 Å². The third-order valence-corrected chi connectivity index (χ3v) is 3.87. The standard InChI is InChI=1S/C11H16FN3O3S/c1-7(6-13)15-19(17,18)11-4-3-9(5-10(11)12)14-8(2)16/h3-5,7,15H,6,13H2,1-2H3,(H,14,16). The lowest BCUT2D eigenvalue weighted by molar-refractivity contribution is -0.114. The highest BCUT2D eigenvalue weighted by molar-refractivity contribution is 7.89. The molecule has 1 rings (SSSR count). The Bertz CT molecular complexity index is 575. The van der Waals surface area contributed by atoms with E-state index < -0.39 is 26.8 Å². The van der Waals surface area contributed by atoms with E-state index in [9.17, 15) is 17.6 Å². The maximum atomic E-state index is 13.7. The normalized spacial score (nSPS) is 13.1. The topological polar surface area (TPSA) is 101 Å². The van der Waals surface area contributed by atoms with Gasteiger partial charge in [-0.15, -0.1) is 0 Å². The maximum absolute atomic E-state index is 13.7. The number of amides is 1. The molecule has 0 aliphatic heterocycles. The first-order chi connectivity index (χ1) is 8.76. The zero-order valence-corrected chi connectivity index (χ0v) is 11.4. The summed E-state index contributed by atoms with van der Waals surface area (Å²) < 4.78 is 39.7. The highest BCUT2D eigenvalue weighted by atomic mass is 32.2. The molecular formula is C11H16FN3O3S. The molecule has 1 amide bonds. The average Bonchev–Trinajstić information content (AvgIpc) is 2.26. The van der Waals surface area contributed by atoms with Crippen molar-refractivity contribution in [2.45, 2.75) is 24.8 Å². The fourth-order valence-electron chi connectivity index (χ4n) is 1.38. The molecule has 1 atom stereocenters. The molecule has 0 fully saturated rings. The molecule has 19 heavy (non-hydrogen) atoms. The van der Waals surface area contributed by atoms with Crippen LogP contribution in [0.3, 0.4) is 0 Å². The number of anilines is 1. The Labute approximate surface area is 111 Å². The van der Waals surface area contributed by atoms with Crippen molar-refractivity contribution in [1.82, 2.24) is 4.72 Å². The lowest BCUT2D eigenvalue weighted by atomic mass is 10.3. The zero-order chi connectivity index (χ0) is 14.6. The summed E-state index contributed by atoms with van der Waals surface area (Å²) in [5.74, 6) is -1.31. The van der Waals surface area contributed by atoms with E-state index in [0.29, 0.717) is 0 Å². The molecule has 1 aromatic rings. The van der Waals surface area contributed by atoms with Gasteiger partial charge in [0.15, 0.2) is 0 Å². The molecule has 0 radical (unpaired) electrons. The number of rotatable bonds is 5. The number of hydrogen-bond donors (Lipinski definition) is 3. The Morgan fingerprint density at radius 3 is 2.58 bits per heavy atom. The number of carbonyl (C=O) groups is 1. The lowest BCUT2D eigenvalue weighted by Crippen LogP contribution is -2.38. The molecule has 1 aromatic carbocycles. The maximum Gasteiger partial charge on any atom is 0.243 e. The van der Waals surface area contributed by atoms with Crippen LogP contribution in [0.1, 0.15) is 13.8 Å². The summed E-state index contributed by atoms with van der Waals surface area (Å²) in [5.41, 5.74) is 5.50. The molecule has 6 nitrogen and oxygen atoms in total. The van der Waals surface area contributed by atoms with Crippen LogP contribution in [0.5, 0.6) is 0 Å². The first kappa shape index (κ1) is 15.5. The van der Waals surface area contributed by atoms with Crippen molar-refractivity contribution in [3.05, 3.63) is 24.0 Å². The first-order valence-electron chi connectivity index (χ1n) is 5.56. The minimum atomic E-state index is -3.97. The summed E-state index contributed by atoms with van der Waals surface area (Å²) in [5, 5.41) is 2.36. The van der Waals surface area contributed by atoms with Crippen LogP contribution in [-0.2, 0) is 14.8 Å². The van der Waals surface area contributed by atoms with Crippen molar-refractivity contribution in [3.8, 4) is 0 Å². The zero-order valence-electron chi connectivity index (χ0n) is 10.6. The van der Waals surface area contributed by atoms with Crippen molar-refractivity contribution in [2.24, 2.45) is 5.73 Å². The van der Waals surface area contributed by atoms with Crippen molar-refractivity contribution in [1.29, 1.82) is 0 Å². The Hall–Kier alpha value is -1.51. The smallest absolute Gasteiger partial charge is 0.243 e. The minimum Gasteiger partial charge on any atom is -0.329 e. The van der Waals surface area contributed by atoms with Crippen molar-refractivity contribution >= 4 is 21.6 Å². The van der Waals surface area contributed by atoms with E-state index in [1.54, 1.807) is 6.92 Å². The molecule has 0 aliphatic carbocycles. The van der Waals surface area contributed by atoms with Gasteiger partial charge in [-0.25, -0.2) is 17.5 Å². The van der Waals surface area contributed by atoms with Crippen LogP contribution in [0.4, 0.5) is 10.1 Å². The van der Waals surface area contributed by atoms with E-state index >= 15 is 0 Å². The summed E-state index contributed by atoms with van der Waals surface area (Å²) in [7, 11) is -3.97. The first-order valence-corrected chi connectivity index (χ1v) is 7.04. The lowest BCUT2D eigenvalue weighted by Gasteiger charge is -2.13. The molecule has 0 aromatic heterocycles. The number of sulfonamides is 1. The van der Waals surface area contributed by atoms with Gasteiger partial charge in [0.25, 0.3) is 0 Å². The van der Waals surface area contributed by atoms with Gasteiger partial charge in [-0.3, -0.25) is 4.79 Å². The predicted molar refractivity (Wildman–Crippen MR) is 69.5 cm³/mol. The quantitative estimate of drug-likeness (QED) is 0.730. The Morgan fingerprint density at radius 1 is 1.47 bits per heavy atom. The number of hydrogen-bond acceptors (Lipinski definition) is 4. The molecule has 4 N–H and O–H groups in total. The third kappa shape index (κ3) is 4.27. The molecular weight excluding hydrogens is 273 g/mol. The Balaban J connectivity index is 3.05. The number of nitrogens with two attached hydrogens (primary N) is 1. The van der Waals surface area contributed by atoms with Gasteiger partial charge in [-0.1, -0.05) is 0 Å². The largest absolute Gasteiger partial charge is 0.329 e. The van der Waals surface area contributed by atoms with E-state index in [4.69, 9.17) is 5.73 Å². The molecule has 1 unspecified atom stereocenters. The Kier molecular flexibility index (Phi) is 4.98. The number of benzene rings is 1. The summed E-state index contributed by atoms with van der Waals surface area (Å²) in [6.45, 7) is 2.94.